The van der Waals surface area contributed by atoms with Gasteiger partial charge in [-0.05, 0) is 47.9 Å². The Bertz CT molecular complexity index is 391. The topological polar surface area (TPSA) is 50.7 Å². The zero-order valence-corrected chi connectivity index (χ0v) is 12.2. The number of nitrogens with one attached hydrogen (secondary N) is 1. The van der Waals surface area contributed by atoms with Crippen molar-refractivity contribution in [2.75, 3.05) is 5.32 Å². The quantitative estimate of drug-likeness (QED) is 0.919. The molecular formula is C12H18Cl2N4. The first-order chi connectivity index (χ1) is 8.56. The molecule has 1 fully saturated rings. The summed E-state index contributed by atoms with van der Waals surface area (Å²) in [5, 5.41) is 3.63. The van der Waals surface area contributed by atoms with E-state index in [1.54, 1.807) is 0 Å². The van der Waals surface area contributed by atoms with Crippen molar-refractivity contribution in [1.82, 2.24) is 15.0 Å². The van der Waals surface area contributed by atoms with Gasteiger partial charge in [-0.3, -0.25) is 0 Å². The summed E-state index contributed by atoms with van der Waals surface area (Å²) < 4.78 is 0. The van der Waals surface area contributed by atoms with E-state index in [1.165, 1.54) is 19.3 Å². The van der Waals surface area contributed by atoms with Gasteiger partial charge in [0.15, 0.2) is 0 Å². The van der Waals surface area contributed by atoms with Crippen LogP contribution in [0.3, 0.4) is 0 Å². The first kappa shape index (κ1) is 13.8. The number of rotatable bonds is 3. The molecule has 0 aromatic carbocycles. The van der Waals surface area contributed by atoms with Crippen LogP contribution in [0.25, 0.3) is 0 Å². The Balaban J connectivity index is 2.10. The van der Waals surface area contributed by atoms with E-state index >= 15 is 0 Å². The van der Waals surface area contributed by atoms with Crippen LogP contribution in [0, 0.1) is 11.8 Å². The van der Waals surface area contributed by atoms with Gasteiger partial charge >= 0.3 is 0 Å². The van der Waals surface area contributed by atoms with Gasteiger partial charge < -0.3 is 5.32 Å². The predicted octanol–water partition coefficient (Wildman–Crippen LogP) is 3.81. The SMILES string of the molecule is CC(C)C1CCCCC1Nc1nc(Cl)nc(Cl)n1. The van der Waals surface area contributed by atoms with Crippen LogP contribution in [0.15, 0.2) is 0 Å². The van der Waals surface area contributed by atoms with Gasteiger partial charge in [0.25, 0.3) is 0 Å². The van der Waals surface area contributed by atoms with E-state index in [2.05, 4.69) is 34.1 Å². The van der Waals surface area contributed by atoms with Crippen molar-refractivity contribution in [3.8, 4) is 0 Å². The van der Waals surface area contributed by atoms with E-state index in [9.17, 15) is 0 Å². The lowest BCUT2D eigenvalue weighted by Gasteiger charge is -2.34. The van der Waals surface area contributed by atoms with Crippen molar-refractivity contribution in [3.05, 3.63) is 10.6 Å². The summed E-state index contributed by atoms with van der Waals surface area (Å²) in [5.74, 6) is 1.78. The van der Waals surface area contributed by atoms with E-state index in [0.29, 0.717) is 23.8 Å². The molecule has 1 N–H and O–H groups in total. The Morgan fingerprint density at radius 2 is 1.67 bits per heavy atom. The summed E-state index contributed by atoms with van der Waals surface area (Å²) in [4.78, 5) is 11.9. The molecule has 100 valence electrons. The van der Waals surface area contributed by atoms with Crippen molar-refractivity contribution in [3.63, 3.8) is 0 Å². The number of hydrogen-bond donors (Lipinski definition) is 1. The van der Waals surface area contributed by atoms with Crippen molar-refractivity contribution in [2.24, 2.45) is 11.8 Å². The molecule has 0 spiro atoms. The molecule has 6 heteroatoms. The molecule has 0 radical (unpaired) electrons. The minimum atomic E-state index is 0.134. The van der Waals surface area contributed by atoms with E-state index in [0.717, 1.165) is 6.42 Å². The third-order valence-electron chi connectivity index (χ3n) is 3.57. The summed E-state index contributed by atoms with van der Waals surface area (Å²) in [5.41, 5.74) is 0. The van der Waals surface area contributed by atoms with Crippen LogP contribution in [0.5, 0.6) is 0 Å². The molecule has 2 rings (SSSR count). The largest absolute Gasteiger partial charge is 0.351 e. The van der Waals surface area contributed by atoms with Gasteiger partial charge in [0.2, 0.25) is 16.5 Å². The number of nitrogens with zero attached hydrogens (tertiary/aromatic N) is 3. The van der Waals surface area contributed by atoms with Crippen molar-refractivity contribution in [2.45, 2.75) is 45.6 Å². The Hall–Kier alpha value is -0.610. The molecule has 18 heavy (non-hydrogen) atoms. The van der Waals surface area contributed by atoms with Gasteiger partial charge in [-0.2, -0.15) is 15.0 Å². The highest BCUT2D eigenvalue weighted by Crippen LogP contribution is 2.31. The summed E-state index contributed by atoms with van der Waals surface area (Å²) in [6.45, 7) is 4.52. The fourth-order valence-electron chi connectivity index (χ4n) is 2.69. The lowest BCUT2D eigenvalue weighted by atomic mass is 9.78. The van der Waals surface area contributed by atoms with Crippen molar-refractivity contribution < 1.29 is 0 Å². The normalized spacial score (nSPS) is 24.3. The zero-order chi connectivity index (χ0) is 13.1. The van der Waals surface area contributed by atoms with Crippen molar-refractivity contribution >= 4 is 29.2 Å². The lowest BCUT2D eigenvalue weighted by Crippen LogP contribution is -2.35. The van der Waals surface area contributed by atoms with Gasteiger partial charge in [0, 0.05) is 6.04 Å². The molecule has 0 aliphatic heterocycles. The summed E-state index contributed by atoms with van der Waals surface area (Å²) in [6, 6.07) is 0.397. The maximum Gasteiger partial charge on any atom is 0.228 e. The third kappa shape index (κ3) is 3.45. The number of aromatic nitrogens is 3. The van der Waals surface area contributed by atoms with Gasteiger partial charge in [0.1, 0.15) is 0 Å². The second-order valence-corrected chi connectivity index (χ2v) is 5.82. The Morgan fingerprint density at radius 1 is 1.06 bits per heavy atom. The molecule has 1 aromatic heterocycles. The molecule has 1 aliphatic carbocycles. The predicted molar refractivity (Wildman–Crippen MR) is 74.1 cm³/mol. The maximum atomic E-state index is 5.78. The number of hydrogen-bond acceptors (Lipinski definition) is 4. The van der Waals surface area contributed by atoms with Crippen LogP contribution in [0.2, 0.25) is 10.6 Å². The molecule has 2 atom stereocenters. The zero-order valence-electron chi connectivity index (χ0n) is 10.7. The summed E-state index contributed by atoms with van der Waals surface area (Å²) in [6.07, 6.45) is 4.94. The van der Waals surface area contributed by atoms with Crippen molar-refractivity contribution in [1.29, 1.82) is 0 Å². The van der Waals surface area contributed by atoms with Gasteiger partial charge in [-0.1, -0.05) is 26.7 Å². The molecule has 4 nitrogen and oxygen atoms in total. The fourth-order valence-corrected chi connectivity index (χ4v) is 3.06. The smallest absolute Gasteiger partial charge is 0.228 e. The highest BCUT2D eigenvalue weighted by Gasteiger charge is 2.28. The molecule has 1 saturated carbocycles. The monoisotopic (exact) mass is 288 g/mol. The van der Waals surface area contributed by atoms with E-state index in [4.69, 9.17) is 23.2 Å². The first-order valence-corrected chi connectivity index (χ1v) is 7.15. The Kier molecular flexibility index (Phi) is 4.62. The molecule has 1 heterocycles. The van der Waals surface area contributed by atoms with Gasteiger partial charge in [0.05, 0.1) is 0 Å². The molecule has 2 unspecified atom stereocenters. The molecule has 1 aromatic rings. The minimum Gasteiger partial charge on any atom is -0.351 e. The van der Waals surface area contributed by atoms with Crippen LogP contribution in [0.1, 0.15) is 39.5 Å². The molecule has 0 amide bonds. The maximum absolute atomic E-state index is 5.78. The van der Waals surface area contributed by atoms with Crippen LogP contribution in [-0.2, 0) is 0 Å². The van der Waals surface area contributed by atoms with E-state index in [-0.39, 0.29) is 10.6 Å². The van der Waals surface area contributed by atoms with Crippen LogP contribution in [0.4, 0.5) is 5.95 Å². The van der Waals surface area contributed by atoms with E-state index in [1.807, 2.05) is 0 Å². The highest BCUT2D eigenvalue weighted by atomic mass is 35.5. The standard InChI is InChI=1S/C12H18Cl2N4/c1-7(2)8-5-3-4-6-9(8)15-12-17-10(13)16-11(14)18-12/h7-9H,3-6H2,1-2H3,(H,15,16,17,18). The average molecular weight is 289 g/mol. The number of anilines is 1. The van der Waals surface area contributed by atoms with Gasteiger partial charge in [-0.15, -0.1) is 0 Å². The third-order valence-corrected chi connectivity index (χ3v) is 3.91. The first-order valence-electron chi connectivity index (χ1n) is 6.40. The second kappa shape index (κ2) is 6.02. The second-order valence-electron chi connectivity index (χ2n) is 5.14. The number of halogens is 2. The van der Waals surface area contributed by atoms with Crippen LogP contribution < -0.4 is 5.32 Å². The fraction of sp³-hybridized carbons (Fsp3) is 0.750. The summed E-state index contributed by atoms with van der Waals surface area (Å²) >= 11 is 11.6. The minimum absolute atomic E-state index is 0.134. The molecular weight excluding hydrogens is 271 g/mol. The highest BCUT2D eigenvalue weighted by molar-refractivity contribution is 6.31. The van der Waals surface area contributed by atoms with Crippen LogP contribution >= 0.6 is 23.2 Å². The Morgan fingerprint density at radius 3 is 2.28 bits per heavy atom. The average Bonchev–Trinajstić information content (AvgIpc) is 2.27. The lowest BCUT2D eigenvalue weighted by molar-refractivity contribution is 0.253. The molecule has 0 saturated heterocycles. The van der Waals surface area contributed by atoms with E-state index < -0.39 is 0 Å². The summed E-state index contributed by atoms with van der Waals surface area (Å²) in [7, 11) is 0. The molecule has 1 aliphatic rings. The van der Waals surface area contributed by atoms with Gasteiger partial charge in [-0.25, -0.2) is 0 Å². The van der Waals surface area contributed by atoms with Crippen LogP contribution in [-0.4, -0.2) is 21.0 Å². The molecule has 0 bridgehead atoms. The Labute approximate surface area is 118 Å².